The fourth-order valence-corrected chi connectivity index (χ4v) is 3.65. The van der Waals surface area contributed by atoms with Crippen LogP contribution in [0.2, 0.25) is 0 Å². The summed E-state index contributed by atoms with van der Waals surface area (Å²) in [4.78, 5) is 0. The molecular weight excluding hydrogens is 434 g/mol. The van der Waals surface area contributed by atoms with Crippen LogP contribution in [0.25, 0.3) is 11.5 Å². The minimum Gasteiger partial charge on any atom is -0.493 e. The summed E-state index contributed by atoms with van der Waals surface area (Å²) in [6.45, 7) is 0.584. The molecule has 0 bridgehead atoms. The van der Waals surface area contributed by atoms with Gasteiger partial charge in [-0.05, 0) is 47.5 Å². The van der Waals surface area contributed by atoms with E-state index in [4.69, 9.17) is 9.15 Å². The minimum absolute atomic E-state index is 0.0349. The molecule has 3 aromatic rings. The van der Waals surface area contributed by atoms with Crippen molar-refractivity contribution in [2.24, 2.45) is 0 Å². The normalized spacial score (nSPS) is 13.9. The number of thioether (sulfide) groups is 1. The van der Waals surface area contributed by atoms with E-state index in [0.29, 0.717) is 24.3 Å². The van der Waals surface area contributed by atoms with E-state index in [2.05, 4.69) is 10.2 Å². The molecule has 1 aromatic heterocycles. The largest absolute Gasteiger partial charge is 0.493 e. The van der Waals surface area contributed by atoms with E-state index >= 15 is 0 Å². The molecule has 158 valence electrons. The Balaban J connectivity index is 1.53. The van der Waals surface area contributed by atoms with Gasteiger partial charge >= 0.3 is 12.4 Å². The van der Waals surface area contributed by atoms with Crippen LogP contribution in [0, 0.1) is 0 Å². The maximum Gasteiger partial charge on any atom is 0.416 e. The SMILES string of the molecule is FC(F)(F)c1cc(CSc2nnc(-c3ccc4c(c3)CCO4)o2)cc(C(F)(F)F)c1. The zero-order chi connectivity index (χ0) is 21.5. The highest BCUT2D eigenvalue weighted by molar-refractivity contribution is 7.98. The standard InChI is InChI=1S/C19H12F6N2O2S/c20-18(21,22)13-5-10(6-14(8-13)19(23,24)25)9-30-17-27-26-16(29-17)12-1-2-15-11(7-12)3-4-28-15/h1-2,5-8H,3-4,9H2. The van der Waals surface area contributed by atoms with E-state index in [1.54, 1.807) is 12.1 Å². The molecule has 1 aliphatic heterocycles. The van der Waals surface area contributed by atoms with Crippen LogP contribution in [0.15, 0.2) is 46.0 Å². The molecule has 0 amide bonds. The summed E-state index contributed by atoms with van der Waals surface area (Å²) in [6, 6.07) is 6.80. The summed E-state index contributed by atoms with van der Waals surface area (Å²) >= 11 is 0.853. The molecule has 1 aliphatic rings. The van der Waals surface area contributed by atoms with E-state index in [-0.39, 0.29) is 28.5 Å². The van der Waals surface area contributed by atoms with Crippen LogP contribution >= 0.6 is 11.8 Å². The monoisotopic (exact) mass is 446 g/mol. The summed E-state index contributed by atoms with van der Waals surface area (Å²) in [7, 11) is 0. The highest BCUT2D eigenvalue weighted by Gasteiger charge is 2.36. The molecule has 11 heteroatoms. The van der Waals surface area contributed by atoms with Crippen LogP contribution < -0.4 is 4.74 Å². The molecule has 2 heterocycles. The fraction of sp³-hybridized carbons (Fsp3) is 0.263. The number of benzene rings is 2. The Bertz CT molecular complexity index is 1050. The molecule has 0 aliphatic carbocycles. The van der Waals surface area contributed by atoms with Gasteiger partial charge in [0.05, 0.1) is 17.7 Å². The topological polar surface area (TPSA) is 48.2 Å². The van der Waals surface area contributed by atoms with Gasteiger partial charge in [0, 0.05) is 17.7 Å². The van der Waals surface area contributed by atoms with Crippen LogP contribution in [-0.2, 0) is 24.5 Å². The predicted octanol–water partition coefficient (Wildman–Crippen LogP) is 6.00. The van der Waals surface area contributed by atoms with E-state index in [1.807, 2.05) is 6.07 Å². The molecule has 0 atom stereocenters. The van der Waals surface area contributed by atoms with Gasteiger partial charge in [-0.1, -0.05) is 11.8 Å². The first-order chi connectivity index (χ1) is 14.1. The van der Waals surface area contributed by atoms with Gasteiger partial charge in [-0.3, -0.25) is 0 Å². The Kier molecular flexibility index (Phi) is 5.16. The number of rotatable bonds is 4. The number of alkyl halides is 6. The third kappa shape index (κ3) is 4.40. The van der Waals surface area contributed by atoms with Gasteiger partial charge < -0.3 is 9.15 Å². The maximum absolute atomic E-state index is 13.0. The molecule has 0 saturated heterocycles. The molecule has 30 heavy (non-hydrogen) atoms. The number of halogens is 6. The van der Waals surface area contributed by atoms with Crippen molar-refractivity contribution in [3.8, 4) is 17.2 Å². The maximum atomic E-state index is 13.0. The van der Waals surface area contributed by atoms with E-state index in [0.717, 1.165) is 29.5 Å². The van der Waals surface area contributed by atoms with Crippen molar-refractivity contribution in [1.82, 2.24) is 10.2 Å². The highest BCUT2D eigenvalue weighted by atomic mass is 32.2. The summed E-state index contributed by atoms with van der Waals surface area (Å²) in [5.74, 6) is 0.775. The Morgan fingerprint density at radius 2 is 1.60 bits per heavy atom. The van der Waals surface area contributed by atoms with E-state index in [1.165, 1.54) is 0 Å². The fourth-order valence-electron chi connectivity index (χ4n) is 2.95. The van der Waals surface area contributed by atoms with Gasteiger partial charge in [0.2, 0.25) is 5.89 Å². The second-order valence-electron chi connectivity index (χ2n) is 6.50. The van der Waals surface area contributed by atoms with Crippen molar-refractivity contribution in [3.05, 3.63) is 58.7 Å². The molecule has 0 saturated carbocycles. The van der Waals surface area contributed by atoms with E-state index < -0.39 is 23.5 Å². The lowest BCUT2D eigenvalue weighted by Crippen LogP contribution is -2.11. The van der Waals surface area contributed by atoms with Gasteiger partial charge in [-0.25, -0.2) is 0 Å². The molecule has 0 radical (unpaired) electrons. The van der Waals surface area contributed by atoms with Crippen molar-refractivity contribution in [2.75, 3.05) is 6.61 Å². The Morgan fingerprint density at radius 3 is 2.27 bits per heavy atom. The average Bonchev–Trinajstić information content (AvgIpc) is 3.33. The predicted molar refractivity (Wildman–Crippen MR) is 94.9 cm³/mol. The van der Waals surface area contributed by atoms with Crippen molar-refractivity contribution in [3.63, 3.8) is 0 Å². The number of nitrogens with zero attached hydrogens (tertiary/aromatic N) is 2. The van der Waals surface area contributed by atoms with Crippen molar-refractivity contribution in [2.45, 2.75) is 29.7 Å². The van der Waals surface area contributed by atoms with Crippen molar-refractivity contribution >= 4 is 11.8 Å². The van der Waals surface area contributed by atoms with Gasteiger partial charge in [0.15, 0.2) is 0 Å². The second kappa shape index (κ2) is 7.53. The summed E-state index contributed by atoms with van der Waals surface area (Å²) in [6.07, 6.45) is -9.04. The van der Waals surface area contributed by atoms with Gasteiger partial charge in [0.1, 0.15) is 5.75 Å². The minimum atomic E-state index is -4.89. The summed E-state index contributed by atoms with van der Waals surface area (Å²) < 4.78 is 88.7. The first-order valence-electron chi connectivity index (χ1n) is 8.60. The smallest absolute Gasteiger partial charge is 0.416 e. The lowest BCUT2D eigenvalue weighted by molar-refractivity contribution is -0.143. The van der Waals surface area contributed by atoms with E-state index in [9.17, 15) is 26.3 Å². The third-order valence-electron chi connectivity index (χ3n) is 4.35. The van der Waals surface area contributed by atoms with Crippen molar-refractivity contribution in [1.29, 1.82) is 0 Å². The summed E-state index contributed by atoms with van der Waals surface area (Å²) in [5, 5.41) is 7.75. The molecule has 0 spiro atoms. The molecule has 4 rings (SSSR count). The molecule has 2 aromatic carbocycles. The number of hydrogen-bond donors (Lipinski definition) is 0. The lowest BCUT2D eigenvalue weighted by atomic mass is 10.1. The molecule has 0 N–H and O–H groups in total. The molecule has 0 fully saturated rings. The number of fused-ring (bicyclic) bond motifs is 1. The zero-order valence-electron chi connectivity index (χ0n) is 15.0. The molecule has 0 unspecified atom stereocenters. The molecular formula is C19H12F6N2O2S. The van der Waals surface area contributed by atoms with Crippen LogP contribution in [-0.4, -0.2) is 16.8 Å². The third-order valence-corrected chi connectivity index (χ3v) is 5.24. The van der Waals surface area contributed by atoms with Crippen LogP contribution in [0.5, 0.6) is 5.75 Å². The van der Waals surface area contributed by atoms with Gasteiger partial charge in [-0.15, -0.1) is 10.2 Å². The first kappa shape index (κ1) is 20.6. The summed E-state index contributed by atoms with van der Waals surface area (Å²) in [5.41, 5.74) is -1.24. The Morgan fingerprint density at radius 1 is 0.900 bits per heavy atom. The van der Waals surface area contributed by atoms with Gasteiger partial charge in [0.25, 0.3) is 5.22 Å². The van der Waals surface area contributed by atoms with Crippen molar-refractivity contribution < 1.29 is 35.5 Å². The van der Waals surface area contributed by atoms with Crippen LogP contribution in [0.1, 0.15) is 22.3 Å². The van der Waals surface area contributed by atoms with Gasteiger partial charge in [-0.2, -0.15) is 26.3 Å². The zero-order valence-corrected chi connectivity index (χ0v) is 15.8. The Labute approximate surface area is 170 Å². The first-order valence-corrected chi connectivity index (χ1v) is 9.59. The number of hydrogen-bond acceptors (Lipinski definition) is 5. The quantitative estimate of drug-likeness (QED) is 0.363. The number of aromatic nitrogens is 2. The lowest BCUT2D eigenvalue weighted by Gasteiger charge is -2.13. The second-order valence-corrected chi connectivity index (χ2v) is 7.42. The average molecular weight is 446 g/mol. The Hall–Kier alpha value is -2.69. The highest BCUT2D eigenvalue weighted by Crippen LogP contribution is 2.38. The van der Waals surface area contributed by atoms with Crippen LogP contribution in [0.4, 0.5) is 26.3 Å². The molecule has 4 nitrogen and oxygen atoms in total. The van der Waals surface area contributed by atoms with Crippen LogP contribution in [0.3, 0.4) is 0 Å². The number of ether oxygens (including phenoxy) is 1.